The molecule has 1 amide bonds. The van der Waals surface area contributed by atoms with Gasteiger partial charge >= 0.3 is 0 Å². The van der Waals surface area contributed by atoms with Gasteiger partial charge in [0, 0.05) is 0 Å². The molecule has 3 rings (SSSR count). The van der Waals surface area contributed by atoms with E-state index in [-0.39, 0.29) is 17.6 Å². The molecule has 8 heteroatoms. The van der Waals surface area contributed by atoms with Crippen LogP contribution in [0.25, 0.3) is 0 Å². The number of carbonyl (C=O) groups is 1. The first-order valence-electron chi connectivity index (χ1n) is 9.54. The molecular formula is C23H23F2NO4S. The Hall–Kier alpha value is -3.00. The fourth-order valence-electron chi connectivity index (χ4n) is 3.04. The Kier molecular flexibility index (Phi) is 7.94. The molecule has 0 saturated heterocycles. The highest BCUT2D eigenvalue weighted by molar-refractivity contribution is 7.98. The Bertz CT molecular complexity index is 974. The predicted octanol–water partition coefficient (Wildman–Crippen LogP) is 5.47. The van der Waals surface area contributed by atoms with Crippen LogP contribution < -0.4 is 14.8 Å². The molecular weight excluding hydrogens is 424 g/mol. The number of furan rings is 1. The van der Waals surface area contributed by atoms with Crippen LogP contribution in [0.2, 0.25) is 0 Å². The molecule has 0 bridgehead atoms. The van der Waals surface area contributed by atoms with Gasteiger partial charge in [-0.25, -0.2) is 0 Å². The molecule has 0 spiro atoms. The van der Waals surface area contributed by atoms with Gasteiger partial charge in [0.25, 0.3) is 11.7 Å². The summed E-state index contributed by atoms with van der Waals surface area (Å²) in [6, 6.07) is 17.7. The summed E-state index contributed by atoms with van der Waals surface area (Å²) >= 11 is 0.447. The normalized spacial score (nSPS) is 11.9. The SMILES string of the molecule is COc1ccc(CC(NC(=O)c2ccc(CSC(F)F)o2)c2ccc(OC)cc2)cc1. The number of methoxy groups -OCH3 is 2. The van der Waals surface area contributed by atoms with Gasteiger partial charge in [0.1, 0.15) is 17.3 Å². The molecule has 0 aliphatic heterocycles. The number of hydrogen-bond acceptors (Lipinski definition) is 5. The van der Waals surface area contributed by atoms with Crippen molar-refractivity contribution in [2.45, 2.75) is 24.0 Å². The lowest BCUT2D eigenvalue weighted by Gasteiger charge is -2.19. The van der Waals surface area contributed by atoms with Crippen LogP contribution in [0.4, 0.5) is 8.78 Å². The van der Waals surface area contributed by atoms with Gasteiger partial charge < -0.3 is 19.2 Å². The third-order valence-electron chi connectivity index (χ3n) is 4.66. The number of alkyl halides is 2. The zero-order chi connectivity index (χ0) is 22.2. The van der Waals surface area contributed by atoms with E-state index in [1.165, 1.54) is 12.1 Å². The molecule has 0 aliphatic carbocycles. The van der Waals surface area contributed by atoms with Gasteiger partial charge in [-0.2, -0.15) is 8.78 Å². The Balaban J connectivity index is 1.77. The summed E-state index contributed by atoms with van der Waals surface area (Å²) in [5, 5.41) is 2.98. The minimum Gasteiger partial charge on any atom is -0.497 e. The van der Waals surface area contributed by atoms with Gasteiger partial charge in [0.2, 0.25) is 0 Å². The van der Waals surface area contributed by atoms with Crippen molar-refractivity contribution in [1.82, 2.24) is 5.32 Å². The number of rotatable bonds is 10. The van der Waals surface area contributed by atoms with Crippen molar-refractivity contribution in [2.75, 3.05) is 14.2 Å². The fourth-order valence-corrected chi connectivity index (χ4v) is 3.48. The first-order valence-corrected chi connectivity index (χ1v) is 10.6. The Morgan fingerprint density at radius 1 is 0.968 bits per heavy atom. The van der Waals surface area contributed by atoms with E-state index in [0.29, 0.717) is 29.7 Å². The van der Waals surface area contributed by atoms with E-state index in [0.717, 1.165) is 16.9 Å². The van der Waals surface area contributed by atoms with Crippen LogP contribution in [-0.2, 0) is 12.2 Å². The first kappa shape index (κ1) is 22.7. The molecule has 0 saturated carbocycles. The van der Waals surface area contributed by atoms with Gasteiger partial charge in [0.15, 0.2) is 5.76 Å². The number of benzene rings is 2. The Morgan fingerprint density at radius 3 is 2.16 bits per heavy atom. The molecule has 0 fully saturated rings. The van der Waals surface area contributed by atoms with Crippen molar-refractivity contribution in [2.24, 2.45) is 0 Å². The van der Waals surface area contributed by atoms with Gasteiger partial charge in [0.05, 0.1) is 26.0 Å². The standard InChI is InChI=1S/C23H23F2NO4S/c1-28-17-7-3-15(4-8-17)13-20(16-5-9-18(29-2)10-6-16)26-22(27)21-12-11-19(30-21)14-31-23(24)25/h3-12,20,23H,13-14H2,1-2H3,(H,26,27). The quantitative estimate of drug-likeness (QED) is 0.447. The molecule has 1 unspecified atom stereocenters. The van der Waals surface area contributed by atoms with E-state index in [2.05, 4.69) is 5.32 Å². The van der Waals surface area contributed by atoms with Crippen LogP contribution in [-0.4, -0.2) is 25.9 Å². The highest BCUT2D eigenvalue weighted by atomic mass is 32.2. The lowest BCUT2D eigenvalue weighted by atomic mass is 9.98. The fraction of sp³-hybridized carbons (Fsp3) is 0.261. The van der Waals surface area contributed by atoms with E-state index >= 15 is 0 Å². The maximum absolute atomic E-state index is 12.8. The number of hydrogen-bond donors (Lipinski definition) is 1. The highest BCUT2D eigenvalue weighted by Crippen LogP contribution is 2.25. The summed E-state index contributed by atoms with van der Waals surface area (Å²) < 4.78 is 40.6. The van der Waals surface area contributed by atoms with E-state index in [1.54, 1.807) is 14.2 Å². The summed E-state index contributed by atoms with van der Waals surface area (Å²) in [6.45, 7) is 0. The topological polar surface area (TPSA) is 60.7 Å². The number of halogens is 2. The molecule has 31 heavy (non-hydrogen) atoms. The zero-order valence-electron chi connectivity index (χ0n) is 17.1. The number of nitrogens with one attached hydrogen (secondary N) is 1. The van der Waals surface area contributed by atoms with Crippen molar-refractivity contribution in [3.63, 3.8) is 0 Å². The number of thioether (sulfide) groups is 1. The monoisotopic (exact) mass is 447 g/mol. The molecule has 1 atom stereocenters. The van der Waals surface area contributed by atoms with Crippen molar-refractivity contribution in [3.05, 3.63) is 83.3 Å². The molecule has 1 aromatic heterocycles. The summed E-state index contributed by atoms with van der Waals surface area (Å²) in [4.78, 5) is 12.8. The third kappa shape index (κ3) is 6.49. The lowest BCUT2D eigenvalue weighted by Crippen LogP contribution is -2.29. The Morgan fingerprint density at radius 2 is 1.58 bits per heavy atom. The smallest absolute Gasteiger partial charge is 0.287 e. The van der Waals surface area contributed by atoms with Crippen LogP contribution in [0, 0.1) is 0 Å². The lowest BCUT2D eigenvalue weighted by molar-refractivity contribution is 0.0907. The molecule has 164 valence electrons. The molecule has 1 N–H and O–H groups in total. The second-order valence-corrected chi connectivity index (χ2v) is 7.67. The van der Waals surface area contributed by atoms with Crippen LogP contribution in [0.15, 0.2) is 65.1 Å². The van der Waals surface area contributed by atoms with Crippen LogP contribution in [0.1, 0.15) is 33.5 Å². The summed E-state index contributed by atoms with van der Waals surface area (Å²) in [6.07, 6.45) is 0.539. The number of carbonyl (C=O) groups excluding carboxylic acids is 1. The molecule has 1 heterocycles. The largest absolute Gasteiger partial charge is 0.497 e. The maximum Gasteiger partial charge on any atom is 0.287 e. The maximum atomic E-state index is 12.8. The molecule has 0 aliphatic rings. The van der Waals surface area contributed by atoms with Crippen molar-refractivity contribution in [3.8, 4) is 11.5 Å². The molecule has 5 nitrogen and oxygen atoms in total. The van der Waals surface area contributed by atoms with E-state index in [1.807, 2.05) is 48.5 Å². The third-order valence-corrected chi connectivity index (χ3v) is 5.36. The molecule has 0 radical (unpaired) electrons. The van der Waals surface area contributed by atoms with Crippen molar-refractivity contribution >= 4 is 17.7 Å². The summed E-state index contributed by atoms with van der Waals surface area (Å²) in [5.41, 5.74) is 1.90. The number of ether oxygens (including phenoxy) is 2. The zero-order valence-corrected chi connectivity index (χ0v) is 18.0. The Labute approximate surface area is 183 Å². The van der Waals surface area contributed by atoms with E-state index < -0.39 is 11.7 Å². The van der Waals surface area contributed by atoms with Gasteiger partial charge in [-0.1, -0.05) is 36.0 Å². The molecule has 3 aromatic rings. The van der Waals surface area contributed by atoms with Crippen LogP contribution in [0.5, 0.6) is 11.5 Å². The van der Waals surface area contributed by atoms with Crippen LogP contribution >= 0.6 is 11.8 Å². The average Bonchev–Trinajstić information content (AvgIpc) is 3.27. The van der Waals surface area contributed by atoms with Gasteiger partial charge in [-0.15, -0.1) is 0 Å². The minimum atomic E-state index is -2.49. The highest BCUT2D eigenvalue weighted by Gasteiger charge is 2.19. The predicted molar refractivity (Wildman–Crippen MR) is 116 cm³/mol. The average molecular weight is 448 g/mol. The van der Waals surface area contributed by atoms with Crippen molar-refractivity contribution in [1.29, 1.82) is 0 Å². The van der Waals surface area contributed by atoms with E-state index in [4.69, 9.17) is 13.9 Å². The van der Waals surface area contributed by atoms with Crippen LogP contribution in [0.3, 0.4) is 0 Å². The van der Waals surface area contributed by atoms with Gasteiger partial charge in [-0.05, 0) is 53.9 Å². The van der Waals surface area contributed by atoms with E-state index in [9.17, 15) is 13.6 Å². The van der Waals surface area contributed by atoms with Crippen molar-refractivity contribution < 1.29 is 27.5 Å². The summed E-state index contributed by atoms with van der Waals surface area (Å²) in [5.74, 6) is -1.04. The number of amides is 1. The summed E-state index contributed by atoms with van der Waals surface area (Å²) in [7, 11) is 3.19. The second-order valence-electron chi connectivity index (χ2n) is 6.69. The van der Waals surface area contributed by atoms with Gasteiger partial charge in [-0.3, -0.25) is 4.79 Å². The second kappa shape index (κ2) is 10.9. The first-order chi connectivity index (χ1) is 15.0. The minimum absolute atomic E-state index is 0.00129. The molecule has 2 aromatic carbocycles.